The fraction of sp³-hybridized carbons (Fsp3) is 0.900. The second-order valence-corrected chi connectivity index (χ2v) is 4.58. The molecule has 0 aromatic carbocycles. The normalized spacial score (nSPS) is 27.2. The number of ketones is 1. The third-order valence-corrected chi connectivity index (χ3v) is 3.36. The van der Waals surface area contributed by atoms with Crippen LogP contribution in [-0.4, -0.2) is 43.4 Å². The van der Waals surface area contributed by atoms with E-state index in [2.05, 4.69) is 10.2 Å². The largest absolute Gasteiger partial charge is 0.316 e. The van der Waals surface area contributed by atoms with E-state index >= 15 is 0 Å². The fourth-order valence-corrected chi connectivity index (χ4v) is 2.33. The van der Waals surface area contributed by atoms with Gasteiger partial charge in [-0.05, 0) is 38.3 Å². The van der Waals surface area contributed by atoms with Crippen molar-refractivity contribution in [3.05, 3.63) is 0 Å². The molecular formula is C10H18N2O. The minimum absolute atomic E-state index is 0.294. The number of rotatable bonds is 2. The van der Waals surface area contributed by atoms with Gasteiger partial charge in [0, 0.05) is 13.1 Å². The van der Waals surface area contributed by atoms with Crippen LogP contribution in [0.4, 0.5) is 0 Å². The highest BCUT2D eigenvalue weighted by atomic mass is 16.1. The van der Waals surface area contributed by atoms with E-state index in [1.807, 2.05) is 0 Å². The van der Waals surface area contributed by atoms with Crippen molar-refractivity contribution in [2.24, 2.45) is 5.41 Å². The number of carbonyl (C=O) groups excluding carboxylic acids is 1. The molecule has 0 bridgehead atoms. The van der Waals surface area contributed by atoms with Crippen LogP contribution < -0.4 is 5.32 Å². The summed E-state index contributed by atoms with van der Waals surface area (Å²) in [6.45, 7) is 6.95. The Morgan fingerprint density at radius 2 is 2.00 bits per heavy atom. The standard InChI is InChI=1S/C10H18N2O/c1-9(13)6-12-4-2-10(3-5-12)7-11-8-10/h11H,2-8H2,1H3. The van der Waals surface area contributed by atoms with E-state index in [0.717, 1.165) is 13.1 Å². The van der Waals surface area contributed by atoms with E-state index in [1.165, 1.54) is 25.9 Å². The molecule has 0 aromatic heterocycles. The van der Waals surface area contributed by atoms with Crippen LogP contribution >= 0.6 is 0 Å². The molecule has 0 radical (unpaired) electrons. The minimum Gasteiger partial charge on any atom is -0.316 e. The first-order chi connectivity index (χ1) is 6.20. The molecule has 1 N–H and O–H groups in total. The van der Waals surface area contributed by atoms with Crippen LogP contribution in [0.2, 0.25) is 0 Å². The van der Waals surface area contributed by atoms with Crippen molar-refractivity contribution < 1.29 is 4.79 Å². The van der Waals surface area contributed by atoms with Gasteiger partial charge in [-0.3, -0.25) is 9.69 Å². The number of nitrogens with one attached hydrogen (secondary N) is 1. The molecule has 0 saturated carbocycles. The molecule has 0 unspecified atom stereocenters. The van der Waals surface area contributed by atoms with Gasteiger partial charge in [-0.25, -0.2) is 0 Å². The summed E-state index contributed by atoms with van der Waals surface area (Å²) in [5.74, 6) is 0.294. The van der Waals surface area contributed by atoms with E-state index in [1.54, 1.807) is 6.92 Å². The molecule has 13 heavy (non-hydrogen) atoms. The van der Waals surface area contributed by atoms with Crippen LogP contribution in [0, 0.1) is 5.41 Å². The lowest BCUT2D eigenvalue weighted by molar-refractivity contribution is -0.118. The van der Waals surface area contributed by atoms with Gasteiger partial charge >= 0.3 is 0 Å². The van der Waals surface area contributed by atoms with Gasteiger partial charge < -0.3 is 5.32 Å². The average molecular weight is 182 g/mol. The third kappa shape index (κ3) is 1.92. The van der Waals surface area contributed by atoms with Gasteiger partial charge in [0.2, 0.25) is 0 Å². The zero-order chi connectivity index (χ0) is 9.31. The Morgan fingerprint density at radius 3 is 2.38 bits per heavy atom. The third-order valence-electron chi connectivity index (χ3n) is 3.36. The molecule has 0 aliphatic carbocycles. The molecule has 0 atom stereocenters. The molecule has 2 heterocycles. The Balaban J connectivity index is 1.79. The average Bonchev–Trinajstić information content (AvgIpc) is 2.02. The van der Waals surface area contributed by atoms with E-state index in [-0.39, 0.29) is 0 Å². The van der Waals surface area contributed by atoms with Crippen LogP contribution in [0.3, 0.4) is 0 Å². The van der Waals surface area contributed by atoms with Gasteiger partial charge in [-0.15, -0.1) is 0 Å². The molecule has 3 heteroatoms. The zero-order valence-electron chi connectivity index (χ0n) is 8.31. The van der Waals surface area contributed by atoms with Crippen molar-refractivity contribution in [3.63, 3.8) is 0 Å². The Bertz CT molecular complexity index is 201. The summed E-state index contributed by atoms with van der Waals surface area (Å²) in [7, 11) is 0. The number of likely N-dealkylation sites (tertiary alicyclic amines) is 1. The maximum atomic E-state index is 10.9. The van der Waals surface area contributed by atoms with Crippen molar-refractivity contribution in [2.45, 2.75) is 19.8 Å². The maximum Gasteiger partial charge on any atom is 0.143 e. The van der Waals surface area contributed by atoms with Crippen molar-refractivity contribution in [3.8, 4) is 0 Å². The summed E-state index contributed by atoms with van der Waals surface area (Å²) in [6.07, 6.45) is 2.54. The highest BCUT2D eigenvalue weighted by molar-refractivity contribution is 5.77. The number of hydrogen-bond donors (Lipinski definition) is 1. The minimum atomic E-state index is 0.294. The fourth-order valence-electron chi connectivity index (χ4n) is 2.33. The lowest BCUT2D eigenvalue weighted by Gasteiger charge is -2.48. The van der Waals surface area contributed by atoms with Crippen LogP contribution in [0.15, 0.2) is 0 Å². The second-order valence-electron chi connectivity index (χ2n) is 4.58. The van der Waals surface area contributed by atoms with Crippen LogP contribution in [0.25, 0.3) is 0 Å². The van der Waals surface area contributed by atoms with Gasteiger partial charge in [-0.2, -0.15) is 0 Å². The van der Waals surface area contributed by atoms with Gasteiger partial charge in [-0.1, -0.05) is 0 Å². The first-order valence-corrected chi connectivity index (χ1v) is 5.13. The van der Waals surface area contributed by atoms with Crippen molar-refractivity contribution in [2.75, 3.05) is 32.7 Å². The van der Waals surface area contributed by atoms with E-state index in [4.69, 9.17) is 0 Å². The quantitative estimate of drug-likeness (QED) is 0.665. The molecule has 0 aromatic rings. The predicted molar refractivity (Wildman–Crippen MR) is 51.7 cm³/mol. The number of nitrogens with zero attached hydrogens (tertiary/aromatic N) is 1. The molecule has 2 aliphatic heterocycles. The monoisotopic (exact) mass is 182 g/mol. The Kier molecular flexibility index (Phi) is 2.39. The van der Waals surface area contributed by atoms with Crippen LogP contribution in [0.1, 0.15) is 19.8 Å². The topological polar surface area (TPSA) is 32.3 Å². The summed E-state index contributed by atoms with van der Waals surface area (Å²) in [5, 5.41) is 3.34. The first kappa shape index (κ1) is 9.16. The van der Waals surface area contributed by atoms with Gasteiger partial charge in [0.1, 0.15) is 5.78 Å². The highest BCUT2D eigenvalue weighted by Crippen LogP contribution is 2.34. The van der Waals surface area contributed by atoms with E-state index in [0.29, 0.717) is 17.7 Å². The molecule has 1 spiro atoms. The highest BCUT2D eigenvalue weighted by Gasteiger charge is 2.39. The zero-order valence-corrected chi connectivity index (χ0v) is 8.31. The van der Waals surface area contributed by atoms with Crippen molar-refractivity contribution >= 4 is 5.78 Å². The molecule has 2 aliphatic rings. The van der Waals surface area contributed by atoms with E-state index < -0.39 is 0 Å². The van der Waals surface area contributed by atoms with E-state index in [9.17, 15) is 4.79 Å². The number of piperidine rings is 1. The van der Waals surface area contributed by atoms with Crippen LogP contribution in [0.5, 0.6) is 0 Å². The Hall–Kier alpha value is -0.410. The summed E-state index contributed by atoms with van der Waals surface area (Å²) >= 11 is 0. The molecule has 2 fully saturated rings. The molecule has 0 amide bonds. The summed E-state index contributed by atoms with van der Waals surface area (Å²) in [5.41, 5.74) is 0.604. The summed E-state index contributed by atoms with van der Waals surface area (Å²) < 4.78 is 0. The number of hydrogen-bond acceptors (Lipinski definition) is 3. The van der Waals surface area contributed by atoms with Gasteiger partial charge in [0.05, 0.1) is 6.54 Å². The lowest BCUT2D eigenvalue weighted by atomic mass is 9.73. The summed E-state index contributed by atoms with van der Waals surface area (Å²) in [6, 6.07) is 0. The smallest absolute Gasteiger partial charge is 0.143 e. The number of Topliss-reactive ketones (excluding diaryl/α,β-unsaturated/α-hetero) is 1. The van der Waals surface area contributed by atoms with Crippen molar-refractivity contribution in [1.82, 2.24) is 10.2 Å². The van der Waals surface area contributed by atoms with Gasteiger partial charge in [0.25, 0.3) is 0 Å². The Morgan fingerprint density at radius 1 is 1.38 bits per heavy atom. The summed E-state index contributed by atoms with van der Waals surface area (Å²) in [4.78, 5) is 13.2. The molecule has 2 rings (SSSR count). The second kappa shape index (κ2) is 3.39. The molecule has 74 valence electrons. The predicted octanol–water partition coefficient (Wildman–Crippen LogP) is 0.261. The SMILES string of the molecule is CC(=O)CN1CCC2(CC1)CNC2. The maximum absolute atomic E-state index is 10.9. The first-order valence-electron chi connectivity index (χ1n) is 5.13. The lowest BCUT2D eigenvalue weighted by Crippen LogP contribution is -2.58. The molecular weight excluding hydrogens is 164 g/mol. The van der Waals surface area contributed by atoms with Gasteiger partial charge in [0.15, 0.2) is 0 Å². The number of carbonyl (C=O) groups is 1. The Labute approximate surface area is 79.5 Å². The molecule has 2 saturated heterocycles. The van der Waals surface area contributed by atoms with Crippen molar-refractivity contribution in [1.29, 1.82) is 0 Å². The molecule has 3 nitrogen and oxygen atoms in total. The van der Waals surface area contributed by atoms with Crippen LogP contribution in [-0.2, 0) is 4.79 Å².